The third-order valence-electron chi connectivity index (χ3n) is 0.381. The van der Waals surface area contributed by atoms with Crippen molar-refractivity contribution in [3.8, 4) is 0 Å². The van der Waals surface area contributed by atoms with E-state index in [0.717, 1.165) is 7.96 Å². The van der Waals surface area contributed by atoms with Crippen LogP contribution < -0.4 is 0 Å². The van der Waals surface area contributed by atoms with E-state index in [1.54, 1.807) is 0 Å². The van der Waals surface area contributed by atoms with Gasteiger partial charge in [-0.05, 0) is 14.0 Å². The molecule has 0 nitrogen and oxygen atoms in total. The van der Waals surface area contributed by atoms with Crippen LogP contribution in [0.3, 0.4) is 0 Å². The average molecular weight is 226 g/mol. The van der Waals surface area contributed by atoms with Gasteiger partial charge in [-0.1, -0.05) is 7.96 Å². The van der Waals surface area contributed by atoms with Gasteiger partial charge in [0.25, 0.3) is 0 Å². The van der Waals surface area contributed by atoms with E-state index < -0.39 is 0 Å². The van der Waals surface area contributed by atoms with Gasteiger partial charge in [-0.3, -0.25) is 0 Å². The largest absolute Gasteiger partial charge is 0.109 e. The third-order valence-corrected chi connectivity index (χ3v) is 30.9. The first-order valence-electron chi connectivity index (χ1n) is 1.49. The van der Waals surface area contributed by atoms with E-state index >= 15 is 0 Å². The molecule has 0 aliphatic heterocycles. The smallest absolute Gasteiger partial charge is 0.0287 e. The van der Waals surface area contributed by atoms with E-state index in [2.05, 4.69) is 35.7 Å². The fourth-order valence-corrected chi connectivity index (χ4v) is 16.2. The monoisotopic (exact) mass is 226 g/mol. The Bertz CT molecular complexity index is 37.3. The maximum atomic E-state index is 2.89. The van der Waals surface area contributed by atoms with Crippen LogP contribution in [0.2, 0.25) is 0 Å². The Balaban J connectivity index is 3.14. The first-order chi connectivity index (χ1) is 3.18. The fourth-order valence-electron chi connectivity index (χ4n) is 0.0667. The van der Waals surface area contributed by atoms with Crippen molar-refractivity contribution in [2.75, 3.05) is 0 Å². The Hall–Kier alpha value is 3.01. The molecule has 0 heterocycles. The molecule has 0 N–H and O–H groups in total. The second-order valence-electron chi connectivity index (χ2n) is 0.854. The highest BCUT2D eigenvalue weighted by atomic mass is 33.0. The number of hydrogen-bond donors (Lipinski definition) is 0. The Morgan fingerprint density at radius 3 is 1.57 bits per heavy atom. The van der Waals surface area contributed by atoms with Crippen molar-refractivity contribution in [2.24, 2.45) is 0 Å². The molecule has 0 bridgehead atoms. The van der Waals surface area contributed by atoms with Gasteiger partial charge in [0, 0.05) is 0 Å². The summed E-state index contributed by atoms with van der Waals surface area (Å²) in [4.78, 5) is 0. The second kappa shape index (κ2) is 5.77. The van der Waals surface area contributed by atoms with E-state index in [9.17, 15) is 0 Å². The van der Waals surface area contributed by atoms with Crippen molar-refractivity contribution in [1.29, 1.82) is 0 Å². The first-order valence-corrected chi connectivity index (χ1v) is 13.4. The van der Waals surface area contributed by atoms with Gasteiger partial charge in [0.15, 0.2) is 0 Å². The molecule has 0 aliphatic carbocycles. The predicted octanol–water partition coefficient (Wildman–Crippen LogP) is 3.62. The lowest BCUT2D eigenvalue weighted by atomic mass is 28.9. The first kappa shape index (κ1) is 10.0. The van der Waals surface area contributed by atoms with Gasteiger partial charge in [-0.15, -0.1) is 35.7 Å². The molecule has 0 fully saturated rings. The number of rotatable bonds is 2. The summed E-state index contributed by atoms with van der Waals surface area (Å²) in [5.41, 5.74) is 0. The van der Waals surface area contributed by atoms with Crippen LogP contribution in [0.15, 0.2) is 0 Å². The maximum absolute atomic E-state index is 2.89. The molecule has 0 saturated heterocycles. The number of hydrogen-bond acceptors (Lipinski definition) is 0. The Morgan fingerprint density at radius 1 is 1.14 bits per heavy atom. The van der Waals surface area contributed by atoms with Crippen molar-refractivity contribution >= 4 is 57.6 Å². The summed E-state index contributed by atoms with van der Waals surface area (Å²) in [6.45, 7) is 0.452. The summed E-state index contributed by atoms with van der Waals surface area (Å²) in [5, 5.41) is 0. The normalized spacial score (nSPS) is 16.7. The van der Waals surface area contributed by atoms with Gasteiger partial charge in [0.05, 0.1) is 0 Å². The second-order valence-corrected chi connectivity index (χ2v) is 23.0. The highest BCUT2D eigenvalue weighted by molar-refractivity contribution is 8.98. The Morgan fingerprint density at radius 2 is 1.57 bits per heavy atom. The minimum absolute atomic E-state index is 0.191. The molecule has 0 aromatic rings. The summed E-state index contributed by atoms with van der Waals surface area (Å²) >= 11 is 0. The fraction of sp³-hybridized carbons (Fsp3) is 0. The lowest BCUT2D eigenvalue weighted by molar-refractivity contribution is 4.87. The molecule has 0 radical (unpaired) electrons. The van der Waals surface area contributed by atoms with Crippen LogP contribution in [0.4, 0.5) is 0 Å². The van der Waals surface area contributed by atoms with Crippen molar-refractivity contribution < 1.29 is 0 Å². The quantitative estimate of drug-likeness (QED) is 0.630. The van der Waals surface area contributed by atoms with Gasteiger partial charge in [0.2, 0.25) is 0 Å². The SMILES string of the molecule is PPP(P)P(P)P. The zero-order valence-corrected chi connectivity index (χ0v) is 11.1. The van der Waals surface area contributed by atoms with Crippen molar-refractivity contribution in [1.82, 2.24) is 0 Å². The molecule has 0 aromatic heterocycles. The zero-order valence-electron chi connectivity index (χ0n) is 3.70. The van der Waals surface area contributed by atoms with Crippen LogP contribution in [0.1, 0.15) is 0 Å². The molecule has 0 aromatic carbocycles. The molecule has 44 valence electrons. The van der Waals surface area contributed by atoms with Crippen LogP contribution in [0, 0.1) is 0 Å². The van der Waals surface area contributed by atoms with Gasteiger partial charge in [0.1, 0.15) is 0 Å². The van der Waals surface area contributed by atoms with E-state index in [1.807, 2.05) is 0 Å². The van der Waals surface area contributed by atoms with E-state index in [0.29, 0.717) is 0 Å². The minimum Gasteiger partial charge on any atom is -0.109 e. The summed E-state index contributed by atoms with van der Waals surface area (Å²) in [6.07, 6.45) is 0. The molecule has 6 atom stereocenters. The molecule has 7 heteroatoms. The standard InChI is InChI=1S/H9P7/c1-5-7(4)6(2)3/h5H,1-4H2. The predicted molar refractivity (Wildman–Crippen MR) is 61.0 cm³/mol. The van der Waals surface area contributed by atoms with E-state index in [1.165, 1.54) is 0 Å². The van der Waals surface area contributed by atoms with Gasteiger partial charge in [-0.25, -0.2) is 0 Å². The van der Waals surface area contributed by atoms with E-state index in [-0.39, 0.29) is 14.0 Å². The molecular weight excluding hydrogens is 217 g/mol. The Labute approximate surface area is 58.0 Å². The van der Waals surface area contributed by atoms with Crippen molar-refractivity contribution in [3.05, 3.63) is 0 Å². The molecule has 0 rings (SSSR count). The summed E-state index contributed by atoms with van der Waals surface area (Å²) in [5.74, 6) is 0. The topological polar surface area (TPSA) is 0 Å². The van der Waals surface area contributed by atoms with Crippen LogP contribution in [0.5, 0.6) is 0 Å². The van der Waals surface area contributed by atoms with Gasteiger partial charge >= 0.3 is 0 Å². The molecule has 0 saturated carbocycles. The van der Waals surface area contributed by atoms with Gasteiger partial charge in [-0.2, -0.15) is 0 Å². The third kappa shape index (κ3) is 5.45. The molecule has 0 amide bonds. The van der Waals surface area contributed by atoms with Crippen LogP contribution in [-0.2, 0) is 0 Å². The lowest BCUT2D eigenvalue weighted by Crippen LogP contribution is -1.19. The van der Waals surface area contributed by atoms with Gasteiger partial charge < -0.3 is 0 Å². The summed E-state index contributed by atoms with van der Waals surface area (Å²) < 4.78 is 0. The van der Waals surface area contributed by atoms with Crippen molar-refractivity contribution in [2.45, 2.75) is 0 Å². The zero-order chi connectivity index (χ0) is 5.86. The average Bonchev–Trinajstić information content (AvgIpc) is 1.65. The minimum atomic E-state index is 0.191. The highest BCUT2D eigenvalue weighted by Gasteiger charge is 2.00. The van der Waals surface area contributed by atoms with Crippen LogP contribution in [-0.4, -0.2) is 0 Å². The molecule has 0 spiro atoms. The highest BCUT2D eigenvalue weighted by Crippen LogP contribution is 2.92. The molecule has 7 heavy (non-hydrogen) atoms. The lowest BCUT2D eigenvalue weighted by Gasteiger charge is -2.11. The molecule has 6 unspecified atom stereocenters. The molecular formula is H9P7. The maximum Gasteiger partial charge on any atom is -0.0287 e. The Kier molecular flexibility index (Phi) is 8.25. The summed E-state index contributed by atoms with van der Waals surface area (Å²) in [6, 6.07) is 0. The van der Waals surface area contributed by atoms with E-state index in [4.69, 9.17) is 0 Å². The molecule has 0 aliphatic rings. The van der Waals surface area contributed by atoms with Crippen LogP contribution in [0.25, 0.3) is 0 Å². The van der Waals surface area contributed by atoms with Crippen molar-refractivity contribution in [3.63, 3.8) is 0 Å². The summed E-state index contributed by atoms with van der Waals surface area (Å²) in [7, 11) is 12.4. The van der Waals surface area contributed by atoms with Crippen LogP contribution >= 0.6 is 57.6 Å².